The summed E-state index contributed by atoms with van der Waals surface area (Å²) in [6.45, 7) is 1.11. The molecule has 2 aliphatic rings. The highest BCUT2D eigenvalue weighted by molar-refractivity contribution is 5.93. The third-order valence-corrected chi connectivity index (χ3v) is 5.41. The van der Waals surface area contributed by atoms with Crippen molar-refractivity contribution in [2.75, 3.05) is 13.1 Å². The van der Waals surface area contributed by atoms with Crippen molar-refractivity contribution in [2.45, 2.75) is 38.1 Å². The Bertz CT molecular complexity index is 898. The molecule has 2 fully saturated rings. The fourth-order valence-electron chi connectivity index (χ4n) is 4.05. The van der Waals surface area contributed by atoms with E-state index in [2.05, 4.69) is 5.32 Å². The van der Waals surface area contributed by atoms with Crippen LogP contribution < -0.4 is 10.7 Å². The van der Waals surface area contributed by atoms with Crippen molar-refractivity contribution < 1.29 is 14.0 Å². The van der Waals surface area contributed by atoms with Gasteiger partial charge in [-0.3, -0.25) is 14.4 Å². The molecule has 2 amide bonds. The summed E-state index contributed by atoms with van der Waals surface area (Å²) in [4.78, 5) is 38.7. The van der Waals surface area contributed by atoms with Crippen molar-refractivity contribution in [3.05, 3.63) is 46.3 Å². The number of nitrogens with zero attached hydrogens (tertiary/aromatic N) is 1. The first-order chi connectivity index (χ1) is 12.6. The molecule has 4 rings (SSSR count). The summed E-state index contributed by atoms with van der Waals surface area (Å²) in [5.41, 5.74) is 0.161. The summed E-state index contributed by atoms with van der Waals surface area (Å²) < 4.78 is 5.55. The van der Waals surface area contributed by atoms with Gasteiger partial charge in [0, 0.05) is 37.5 Å². The van der Waals surface area contributed by atoms with E-state index in [0.717, 1.165) is 12.8 Å². The van der Waals surface area contributed by atoms with E-state index in [9.17, 15) is 14.4 Å². The molecule has 1 aliphatic heterocycles. The largest absolute Gasteiger partial charge is 0.451 e. The molecule has 1 aromatic carbocycles. The number of likely N-dealkylation sites (tertiary alicyclic amines) is 1. The van der Waals surface area contributed by atoms with Gasteiger partial charge in [-0.05, 0) is 25.0 Å². The summed E-state index contributed by atoms with van der Waals surface area (Å²) in [5.74, 6) is -0.113. The number of para-hydroxylation sites is 1. The maximum Gasteiger partial charge on any atom is 0.287 e. The number of hydrogen-bond acceptors (Lipinski definition) is 4. The highest BCUT2D eigenvalue weighted by Crippen LogP contribution is 2.29. The maximum absolute atomic E-state index is 12.4. The fraction of sp³-hybridized carbons (Fsp3) is 0.450. The molecule has 1 aliphatic carbocycles. The average molecular weight is 354 g/mol. The van der Waals surface area contributed by atoms with Gasteiger partial charge in [-0.25, -0.2) is 0 Å². The summed E-state index contributed by atoms with van der Waals surface area (Å²) >= 11 is 0. The lowest BCUT2D eigenvalue weighted by Gasteiger charge is -2.24. The Morgan fingerprint density at radius 1 is 1.19 bits per heavy atom. The Balaban J connectivity index is 1.40. The zero-order chi connectivity index (χ0) is 18.1. The van der Waals surface area contributed by atoms with Gasteiger partial charge in [-0.15, -0.1) is 0 Å². The highest BCUT2D eigenvalue weighted by Gasteiger charge is 2.35. The first kappa shape index (κ1) is 16.8. The number of rotatable bonds is 4. The van der Waals surface area contributed by atoms with Gasteiger partial charge in [0.1, 0.15) is 5.58 Å². The van der Waals surface area contributed by atoms with Crippen LogP contribution in [0.1, 0.15) is 42.7 Å². The molecular formula is C20H22N2O4. The molecule has 0 spiro atoms. The normalized spacial score (nSPS) is 20.8. The van der Waals surface area contributed by atoms with Crippen molar-refractivity contribution in [1.29, 1.82) is 0 Å². The Kier molecular flexibility index (Phi) is 4.49. The van der Waals surface area contributed by atoms with Crippen molar-refractivity contribution in [3.8, 4) is 0 Å². The van der Waals surface area contributed by atoms with E-state index in [-0.39, 0.29) is 23.0 Å². The van der Waals surface area contributed by atoms with Crippen LogP contribution in [0.2, 0.25) is 0 Å². The van der Waals surface area contributed by atoms with Crippen LogP contribution in [-0.4, -0.2) is 35.8 Å². The number of fused-ring (bicyclic) bond motifs is 1. The van der Waals surface area contributed by atoms with E-state index in [1.165, 1.54) is 18.9 Å². The molecule has 26 heavy (non-hydrogen) atoms. The molecule has 1 saturated heterocycles. The molecule has 6 heteroatoms. The number of carbonyl (C=O) groups is 2. The van der Waals surface area contributed by atoms with Crippen LogP contribution in [0.25, 0.3) is 11.0 Å². The first-order valence-electron chi connectivity index (χ1n) is 9.22. The second-order valence-electron chi connectivity index (χ2n) is 7.24. The SMILES string of the molecule is O=C(NCC1CC(=O)N(C2CCCC2)C1)c1cc(=O)c2ccccc2o1. The van der Waals surface area contributed by atoms with Crippen molar-refractivity contribution in [1.82, 2.24) is 10.2 Å². The summed E-state index contributed by atoms with van der Waals surface area (Å²) in [6.07, 6.45) is 5.03. The Morgan fingerprint density at radius 2 is 1.96 bits per heavy atom. The molecule has 2 heterocycles. The maximum atomic E-state index is 12.4. The number of nitrogens with one attached hydrogen (secondary N) is 1. The number of amides is 2. The van der Waals surface area contributed by atoms with Gasteiger partial charge >= 0.3 is 0 Å². The van der Waals surface area contributed by atoms with E-state index in [1.54, 1.807) is 24.3 Å². The molecule has 0 bridgehead atoms. The first-order valence-corrected chi connectivity index (χ1v) is 9.22. The number of carbonyl (C=O) groups excluding carboxylic acids is 2. The van der Waals surface area contributed by atoms with Crippen molar-refractivity contribution >= 4 is 22.8 Å². The van der Waals surface area contributed by atoms with Crippen LogP contribution in [0, 0.1) is 5.92 Å². The molecule has 1 aromatic heterocycles. The summed E-state index contributed by atoms with van der Waals surface area (Å²) in [5, 5.41) is 3.27. The van der Waals surface area contributed by atoms with E-state index in [0.29, 0.717) is 36.5 Å². The summed E-state index contributed by atoms with van der Waals surface area (Å²) in [6, 6.07) is 8.46. The molecule has 0 radical (unpaired) electrons. The molecule has 1 atom stereocenters. The van der Waals surface area contributed by atoms with Crippen LogP contribution in [0.5, 0.6) is 0 Å². The number of hydrogen-bond donors (Lipinski definition) is 1. The predicted molar refractivity (Wildman–Crippen MR) is 96.9 cm³/mol. The zero-order valence-corrected chi connectivity index (χ0v) is 14.6. The zero-order valence-electron chi connectivity index (χ0n) is 14.6. The van der Waals surface area contributed by atoms with Crippen LogP contribution in [-0.2, 0) is 4.79 Å². The Morgan fingerprint density at radius 3 is 2.77 bits per heavy atom. The molecule has 2 aromatic rings. The van der Waals surface area contributed by atoms with Crippen LogP contribution >= 0.6 is 0 Å². The number of benzene rings is 1. The van der Waals surface area contributed by atoms with Gasteiger partial charge < -0.3 is 14.6 Å². The van der Waals surface area contributed by atoms with Crippen molar-refractivity contribution in [3.63, 3.8) is 0 Å². The average Bonchev–Trinajstić information content (AvgIpc) is 3.29. The molecule has 136 valence electrons. The van der Waals surface area contributed by atoms with Gasteiger partial charge in [-0.2, -0.15) is 0 Å². The van der Waals surface area contributed by atoms with Crippen LogP contribution in [0.3, 0.4) is 0 Å². The molecular weight excluding hydrogens is 332 g/mol. The van der Waals surface area contributed by atoms with Gasteiger partial charge in [0.25, 0.3) is 5.91 Å². The third-order valence-electron chi connectivity index (χ3n) is 5.41. The minimum absolute atomic E-state index is 0.00525. The van der Waals surface area contributed by atoms with E-state index in [4.69, 9.17) is 4.42 Å². The lowest BCUT2D eigenvalue weighted by Crippen LogP contribution is -2.36. The van der Waals surface area contributed by atoms with Crippen LogP contribution in [0.4, 0.5) is 0 Å². The van der Waals surface area contributed by atoms with Gasteiger partial charge in [0.15, 0.2) is 11.2 Å². The van der Waals surface area contributed by atoms with Crippen molar-refractivity contribution in [2.24, 2.45) is 5.92 Å². The van der Waals surface area contributed by atoms with E-state index < -0.39 is 5.91 Å². The van der Waals surface area contributed by atoms with Crippen LogP contribution in [0.15, 0.2) is 39.5 Å². The lowest BCUT2D eigenvalue weighted by atomic mass is 10.1. The molecule has 1 N–H and O–H groups in total. The van der Waals surface area contributed by atoms with E-state index in [1.807, 2.05) is 4.90 Å². The minimum Gasteiger partial charge on any atom is -0.451 e. The highest BCUT2D eigenvalue weighted by atomic mass is 16.3. The van der Waals surface area contributed by atoms with Gasteiger partial charge in [0.2, 0.25) is 5.91 Å². The standard InChI is InChI=1S/C20H22N2O4/c23-16-10-18(26-17-8-4-3-7-15(16)17)20(25)21-11-13-9-19(24)22(12-13)14-5-1-2-6-14/h3-4,7-8,10,13-14H,1-2,5-6,9,11-12H2,(H,21,25). The molecule has 6 nitrogen and oxygen atoms in total. The predicted octanol–water partition coefficient (Wildman–Crippen LogP) is 2.31. The van der Waals surface area contributed by atoms with Gasteiger partial charge in [-0.1, -0.05) is 25.0 Å². The Labute approximate surface area is 151 Å². The lowest BCUT2D eigenvalue weighted by molar-refractivity contribution is -0.129. The van der Waals surface area contributed by atoms with Gasteiger partial charge in [0.05, 0.1) is 5.39 Å². The third kappa shape index (κ3) is 3.23. The molecule has 1 unspecified atom stereocenters. The summed E-state index contributed by atoms with van der Waals surface area (Å²) in [7, 11) is 0. The smallest absolute Gasteiger partial charge is 0.287 e. The fourth-order valence-corrected chi connectivity index (χ4v) is 4.05. The Hall–Kier alpha value is -2.63. The second kappa shape index (κ2) is 6.94. The minimum atomic E-state index is -0.417. The quantitative estimate of drug-likeness (QED) is 0.914. The monoisotopic (exact) mass is 354 g/mol. The van der Waals surface area contributed by atoms with E-state index >= 15 is 0 Å². The topological polar surface area (TPSA) is 79.6 Å². The molecule has 1 saturated carbocycles. The second-order valence-corrected chi connectivity index (χ2v) is 7.24.